The highest BCUT2D eigenvalue weighted by atomic mass is 35.5. The van der Waals surface area contributed by atoms with Gasteiger partial charge in [-0.1, -0.05) is 29.8 Å². The number of hydrogen-bond donors (Lipinski definition) is 1. The highest BCUT2D eigenvalue weighted by Crippen LogP contribution is 2.25. The molecule has 1 amide bonds. The number of rotatable bonds is 4. The van der Waals surface area contributed by atoms with Crippen molar-refractivity contribution in [1.29, 1.82) is 0 Å². The van der Waals surface area contributed by atoms with Crippen molar-refractivity contribution in [3.8, 4) is 5.75 Å². The second-order valence-corrected chi connectivity index (χ2v) is 4.97. The van der Waals surface area contributed by atoms with E-state index >= 15 is 0 Å². The summed E-state index contributed by atoms with van der Waals surface area (Å²) in [6.45, 7) is 1.78. The van der Waals surface area contributed by atoms with Gasteiger partial charge in [0.15, 0.2) is 0 Å². The van der Waals surface area contributed by atoms with Gasteiger partial charge in [0, 0.05) is 5.02 Å². The summed E-state index contributed by atoms with van der Waals surface area (Å²) in [5.41, 5.74) is 1.09. The Morgan fingerprint density at radius 2 is 2.00 bits per heavy atom. The Bertz CT molecular complexity index is 660. The van der Waals surface area contributed by atoms with Crippen molar-refractivity contribution >= 4 is 17.5 Å². The van der Waals surface area contributed by atoms with E-state index in [-0.39, 0.29) is 17.0 Å². The number of carbonyl (C=O) groups is 1. The largest absolute Gasteiger partial charge is 0.496 e. The molecule has 110 valence electrons. The van der Waals surface area contributed by atoms with E-state index in [4.69, 9.17) is 16.3 Å². The second kappa shape index (κ2) is 6.59. The van der Waals surface area contributed by atoms with Crippen LogP contribution in [0.1, 0.15) is 28.9 Å². The lowest BCUT2D eigenvalue weighted by Crippen LogP contribution is -2.27. The molecule has 5 heteroatoms. The van der Waals surface area contributed by atoms with Crippen LogP contribution in [0, 0.1) is 5.82 Å². The third-order valence-corrected chi connectivity index (χ3v) is 3.46. The molecule has 1 N–H and O–H groups in total. The Hall–Kier alpha value is -2.07. The van der Waals surface area contributed by atoms with Gasteiger partial charge in [-0.05, 0) is 36.8 Å². The molecule has 0 bridgehead atoms. The van der Waals surface area contributed by atoms with Crippen molar-refractivity contribution in [3.63, 3.8) is 0 Å². The Kier molecular flexibility index (Phi) is 4.81. The van der Waals surface area contributed by atoms with Gasteiger partial charge < -0.3 is 10.1 Å². The maximum absolute atomic E-state index is 13.0. The molecule has 0 aliphatic carbocycles. The third-order valence-electron chi connectivity index (χ3n) is 3.13. The molecule has 0 aromatic heterocycles. The van der Waals surface area contributed by atoms with E-state index in [9.17, 15) is 9.18 Å². The van der Waals surface area contributed by atoms with Crippen LogP contribution < -0.4 is 10.1 Å². The Balaban J connectivity index is 2.19. The number of ether oxygens (including phenoxy) is 1. The normalized spacial score (nSPS) is 11.8. The van der Waals surface area contributed by atoms with Crippen LogP contribution in [-0.4, -0.2) is 13.0 Å². The van der Waals surface area contributed by atoms with Gasteiger partial charge in [0.1, 0.15) is 11.6 Å². The number of hydrogen-bond acceptors (Lipinski definition) is 2. The molecule has 0 fully saturated rings. The molecule has 2 aromatic rings. The number of methoxy groups -OCH3 is 1. The summed E-state index contributed by atoms with van der Waals surface area (Å²) in [7, 11) is 1.51. The van der Waals surface area contributed by atoms with Gasteiger partial charge >= 0.3 is 0 Å². The summed E-state index contributed by atoms with van der Waals surface area (Å²) in [6, 6.07) is 10.7. The molecule has 0 heterocycles. The summed E-state index contributed by atoms with van der Waals surface area (Å²) in [4.78, 5) is 12.3. The molecule has 0 aliphatic rings. The lowest BCUT2D eigenvalue weighted by atomic mass is 10.1. The molecular formula is C16H15ClFNO2. The van der Waals surface area contributed by atoms with Gasteiger partial charge in [-0.25, -0.2) is 4.39 Å². The van der Waals surface area contributed by atoms with Gasteiger partial charge in [0.2, 0.25) is 0 Å². The van der Waals surface area contributed by atoms with E-state index in [0.717, 1.165) is 0 Å². The van der Waals surface area contributed by atoms with Crippen molar-refractivity contribution < 1.29 is 13.9 Å². The zero-order valence-electron chi connectivity index (χ0n) is 11.7. The number of halogens is 2. The number of carbonyl (C=O) groups excluding carboxylic acids is 1. The highest BCUT2D eigenvalue weighted by molar-refractivity contribution is 6.31. The van der Waals surface area contributed by atoms with Crippen molar-refractivity contribution in [1.82, 2.24) is 5.32 Å². The summed E-state index contributed by atoms with van der Waals surface area (Å²) < 4.78 is 18.2. The van der Waals surface area contributed by atoms with Crippen LogP contribution in [0.3, 0.4) is 0 Å². The lowest BCUT2D eigenvalue weighted by molar-refractivity contribution is 0.0937. The molecule has 3 nitrogen and oxygen atoms in total. The molecule has 0 saturated heterocycles. The van der Waals surface area contributed by atoms with Crippen molar-refractivity contribution in [3.05, 3.63) is 64.4 Å². The number of amides is 1. The first kappa shape index (κ1) is 15.3. The number of para-hydroxylation sites is 1. The number of nitrogens with one attached hydrogen (secondary N) is 1. The zero-order valence-corrected chi connectivity index (χ0v) is 12.4. The minimum atomic E-state index is -0.410. The Morgan fingerprint density at radius 1 is 1.29 bits per heavy atom. The topological polar surface area (TPSA) is 38.3 Å². The average Bonchev–Trinajstić information content (AvgIpc) is 2.46. The van der Waals surface area contributed by atoms with Gasteiger partial charge in [-0.2, -0.15) is 0 Å². The smallest absolute Gasteiger partial charge is 0.255 e. The van der Waals surface area contributed by atoms with E-state index in [2.05, 4.69) is 5.32 Å². The zero-order chi connectivity index (χ0) is 15.4. The minimum Gasteiger partial charge on any atom is -0.496 e. The van der Waals surface area contributed by atoms with Gasteiger partial charge in [0.25, 0.3) is 5.91 Å². The maximum atomic E-state index is 13.0. The fourth-order valence-electron chi connectivity index (χ4n) is 2.04. The molecule has 0 aliphatic heterocycles. The minimum absolute atomic E-state index is 0.277. The van der Waals surface area contributed by atoms with Crippen molar-refractivity contribution in [2.45, 2.75) is 13.0 Å². The first-order valence-corrected chi connectivity index (χ1v) is 6.79. The summed E-state index contributed by atoms with van der Waals surface area (Å²) in [5.74, 6) is -0.195. The van der Waals surface area contributed by atoms with Crippen LogP contribution in [0.2, 0.25) is 5.02 Å². The maximum Gasteiger partial charge on any atom is 0.255 e. The van der Waals surface area contributed by atoms with Gasteiger partial charge in [0.05, 0.1) is 18.7 Å². The molecule has 1 atom stereocenters. The average molecular weight is 308 g/mol. The van der Waals surface area contributed by atoms with Crippen molar-refractivity contribution in [2.24, 2.45) is 0 Å². The second-order valence-electron chi connectivity index (χ2n) is 4.56. The van der Waals surface area contributed by atoms with Crippen LogP contribution in [0.15, 0.2) is 42.5 Å². The van der Waals surface area contributed by atoms with Crippen molar-refractivity contribution in [2.75, 3.05) is 7.11 Å². The quantitative estimate of drug-likeness (QED) is 0.928. The summed E-state index contributed by atoms with van der Waals surface area (Å²) in [6.07, 6.45) is 0. The van der Waals surface area contributed by atoms with Crippen LogP contribution in [0.4, 0.5) is 4.39 Å². The molecule has 2 aromatic carbocycles. The first-order valence-electron chi connectivity index (χ1n) is 6.41. The van der Waals surface area contributed by atoms with Crippen LogP contribution in [0.25, 0.3) is 0 Å². The van der Waals surface area contributed by atoms with Crippen LogP contribution >= 0.6 is 11.6 Å². The van der Waals surface area contributed by atoms with Gasteiger partial charge in [-0.15, -0.1) is 0 Å². The Labute approximate surface area is 127 Å². The van der Waals surface area contributed by atoms with E-state index in [1.54, 1.807) is 37.3 Å². The third kappa shape index (κ3) is 3.52. The SMILES string of the molecule is COc1ccccc1C(=O)NC(C)c1ccc(F)cc1Cl. The molecule has 2 rings (SSSR count). The highest BCUT2D eigenvalue weighted by Gasteiger charge is 2.16. The lowest BCUT2D eigenvalue weighted by Gasteiger charge is -2.17. The molecular weight excluding hydrogens is 293 g/mol. The Morgan fingerprint density at radius 3 is 2.67 bits per heavy atom. The number of benzene rings is 2. The molecule has 0 spiro atoms. The summed E-state index contributed by atoms with van der Waals surface area (Å²) in [5, 5.41) is 3.10. The molecule has 0 saturated carbocycles. The van der Waals surface area contributed by atoms with E-state index in [1.165, 1.54) is 19.2 Å². The predicted octanol–water partition coefficient (Wildman–Crippen LogP) is 3.98. The fourth-order valence-corrected chi connectivity index (χ4v) is 2.37. The van der Waals surface area contributed by atoms with E-state index in [0.29, 0.717) is 16.9 Å². The predicted molar refractivity (Wildman–Crippen MR) is 80.3 cm³/mol. The van der Waals surface area contributed by atoms with E-state index in [1.807, 2.05) is 0 Å². The molecule has 1 unspecified atom stereocenters. The molecule has 0 radical (unpaired) electrons. The van der Waals surface area contributed by atoms with E-state index < -0.39 is 5.82 Å². The first-order chi connectivity index (χ1) is 10.0. The molecule has 21 heavy (non-hydrogen) atoms. The van der Waals surface area contributed by atoms with Crippen LogP contribution in [0.5, 0.6) is 5.75 Å². The van der Waals surface area contributed by atoms with Gasteiger partial charge in [-0.3, -0.25) is 4.79 Å². The standard InChI is InChI=1S/C16H15ClFNO2/c1-10(12-8-7-11(18)9-14(12)17)19-16(20)13-5-3-4-6-15(13)21-2/h3-10H,1-2H3,(H,19,20). The summed E-state index contributed by atoms with van der Waals surface area (Å²) >= 11 is 6.00. The monoisotopic (exact) mass is 307 g/mol. The fraction of sp³-hybridized carbons (Fsp3) is 0.188. The van der Waals surface area contributed by atoms with Crippen LogP contribution in [-0.2, 0) is 0 Å².